The highest BCUT2D eigenvalue weighted by atomic mass is 16.2. The number of hydrogen-bond donors (Lipinski definition) is 4. The Balaban J connectivity index is 1.71. The van der Waals surface area contributed by atoms with Gasteiger partial charge in [0.05, 0.1) is 6.04 Å². The molecule has 0 spiro atoms. The Labute approximate surface area is 156 Å². The van der Waals surface area contributed by atoms with Crippen molar-refractivity contribution in [1.29, 1.82) is 0 Å². The molecule has 1 aromatic carbocycles. The summed E-state index contributed by atoms with van der Waals surface area (Å²) in [6, 6.07) is 9.71. The highest BCUT2D eigenvalue weighted by molar-refractivity contribution is 5.82. The third-order valence-electron chi connectivity index (χ3n) is 4.71. The van der Waals surface area contributed by atoms with E-state index in [2.05, 4.69) is 10.3 Å². The zero-order chi connectivity index (χ0) is 18.8. The van der Waals surface area contributed by atoms with E-state index in [-0.39, 0.29) is 17.9 Å². The maximum atomic E-state index is 12.7. The fourth-order valence-electron chi connectivity index (χ4n) is 3.35. The molecule has 1 heterocycles. The van der Waals surface area contributed by atoms with E-state index >= 15 is 0 Å². The number of aliphatic imine (C=N–C) groups is 1. The number of likely N-dealkylation sites (tertiary alicyclic amines) is 1. The van der Waals surface area contributed by atoms with E-state index in [4.69, 9.17) is 17.2 Å². The molecule has 26 heavy (non-hydrogen) atoms. The third-order valence-corrected chi connectivity index (χ3v) is 4.71. The van der Waals surface area contributed by atoms with Crippen LogP contribution in [-0.4, -0.2) is 55.0 Å². The largest absolute Gasteiger partial charge is 0.370 e. The number of rotatable bonds is 10. The number of nitrogens with zero attached hydrogens (tertiary/aromatic N) is 2. The van der Waals surface area contributed by atoms with Crippen LogP contribution < -0.4 is 22.5 Å². The Morgan fingerprint density at radius 1 is 1.27 bits per heavy atom. The first-order valence-corrected chi connectivity index (χ1v) is 9.44. The molecule has 1 aliphatic heterocycles. The van der Waals surface area contributed by atoms with Crippen LogP contribution in [0.25, 0.3) is 0 Å². The zero-order valence-corrected chi connectivity index (χ0v) is 15.4. The Kier molecular flexibility index (Phi) is 8.37. The van der Waals surface area contributed by atoms with Crippen molar-refractivity contribution in [3.05, 3.63) is 35.9 Å². The van der Waals surface area contributed by atoms with E-state index in [1.807, 2.05) is 35.2 Å². The summed E-state index contributed by atoms with van der Waals surface area (Å²) < 4.78 is 0. The van der Waals surface area contributed by atoms with Gasteiger partial charge < -0.3 is 27.4 Å². The number of carbonyl (C=O) groups excluding carboxylic acids is 1. The van der Waals surface area contributed by atoms with Crippen LogP contribution in [0.2, 0.25) is 0 Å². The van der Waals surface area contributed by atoms with Gasteiger partial charge in [0, 0.05) is 25.7 Å². The molecule has 144 valence electrons. The summed E-state index contributed by atoms with van der Waals surface area (Å²) in [7, 11) is 0. The lowest BCUT2D eigenvalue weighted by molar-refractivity contribution is -0.133. The normalized spacial score (nSPS) is 17.9. The van der Waals surface area contributed by atoms with Crippen LogP contribution in [0, 0.1) is 0 Å². The molecular weight excluding hydrogens is 328 g/mol. The Bertz CT molecular complexity index is 573. The molecule has 1 fully saturated rings. The fraction of sp³-hybridized carbons (Fsp3) is 0.579. The zero-order valence-electron chi connectivity index (χ0n) is 15.4. The Morgan fingerprint density at radius 2 is 2.04 bits per heavy atom. The molecule has 1 aliphatic rings. The Hall–Kier alpha value is -2.12. The molecule has 0 unspecified atom stereocenters. The molecule has 0 aromatic heterocycles. The van der Waals surface area contributed by atoms with Crippen LogP contribution >= 0.6 is 0 Å². The highest BCUT2D eigenvalue weighted by Gasteiger charge is 2.31. The minimum atomic E-state index is -0.474. The summed E-state index contributed by atoms with van der Waals surface area (Å²) in [5.41, 5.74) is 17.9. The predicted octanol–water partition coefficient (Wildman–Crippen LogP) is 0.191. The van der Waals surface area contributed by atoms with Crippen LogP contribution in [0.5, 0.6) is 0 Å². The summed E-state index contributed by atoms with van der Waals surface area (Å²) in [5, 5.41) is 3.44. The quantitative estimate of drug-likeness (QED) is 0.269. The molecule has 1 saturated heterocycles. The van der Waals surface area contributed by atoms with Gasteiger partial charge in [0.1, 0.15) is 0 Å². The van der Waals surface area contributed by atoms with E-state index < -0.39 is 6.04 Å². The van der Waals surface area contributed by atoms with E-state index in [1.165, 1.54) is 0 Å². The lowest BCUT2D eigenvalue weighted by atomic mass is 10.1. The monoisotopic (exact) mass is 360 g/mol. The number of nitrogens with two attached hydrogens (primary N) is 3. The second-order valence-corrected chi connectivity index (χ2v) is 6.84. The predicted molar refractivity (Wildman–Crippen MR) is 106 cm³/mol. The van der Waals surface area contributed by atoms with Crippen LogP contribution in [0.15, 0.2) is 35.3 Å². The van der Waals surface area contributed by atoms with Gasteiger partial charge in [-0.15, -0.1) is 0 Å². The smallest absolute Gasteiger partial charge is 0.240 e. The van der Waals surface area contributed by atoms with Gasteiger partial charge in [-0.2, -0.15) is 0 Å². The molecule has 7 heteroatoms. The van der Waals surface area contributed by atoms with Crippen LogP contribution in [-0.2, 0) is 11.2 Å². The highest BCUT2D eigenvalue weighted by Crippen LogP contribution is 2.18. The lowest BCUT2D eigenvalue weighted by Crippen LogP contribution is -2.49. The van der Waals surface area contributed by atoms with Crippen molar-refractivity contribution in [2.24, 2.45) is 22.2 Å². The number of amides is 1. The first-order chi connectivity index (χ1) is 12.6. The van der Waals surface area contributed by atoms with Crippen molar-refractivity contribution < 1.29 is 4.79 Å². The molecule has 2 atom stereocenters. The first-order valence-electron chi connectivity index (χ1n) is 9.44. The van der Waals surface area contributed by atoms with Crippen molar-refractivity contribution in [2.45, 2.75) is 44.2 Å². The van der Waals surface area contributed by atoms with Crippen LogP contribution in [0.1, 0.15) is 31.2 Å². The van der Waals surface area contributed by atoms with Gasteiger partial charge in [0.2, 0.25) is 5.91 Å². The number of carbonyl (C=O) groups is 1. The molecule has 7 nitrogen and oxygen atoms in total. The summed E-state index contributed by atoms with van der Waals surface area (Å²) in [6.07, 6.45) is 4.61. The van der Waals surface area contributed by atoms with Gasteiger partial charge in [-0.3, -0.25) is 9.79 Å². The molecule has 0 saturated carbocycles. The average Bonchev–Trinajstić information content (AvgIpc) is 3.09. The summed E-state index contributed by atoms with van der Waals surface area (Å²) >= 11 is 0. The number of nitrogens with one attached hydrogen (secondary N) is 1. The first kappa shape index (κ1) is 20.2. The standard InChI is InChI=1S/C19H32N6O/c20-17(13-15-7-2-1-3-8-15)18(26)25-12-6-9-16(25)14-23-10-4-5-11-24-19(21)22/h1-3,7-8,16-17,23H,4-6,9-14,20H2,(H4,21,22,24)/t16-,17+/m0/s1. The van der Waals surface area contributed by atoms with Crippen LogP contribution in [0.3, 0.4) is 0 Å². The second kappa shape index (κ2) is 10.8. The summed E-state index contributed by atoms with van der Waals surface area (Å²) in [6.45, 7) is 3.17. The molecule has 0 aliphatic carbocycles. The van der Waals surface area contributed by atoms with E-state index in [0.29, 0.717) is 13.0 Å². The van der Waals surface area contributed by atoms with Crippen molar-refractivity contribution >= 4 is 11.9 Å². The molecule has 7 N–H and O–H groups in total. The van der Waals surface area contributed by atoms with Crippen LogP contribution in [0.4, 0.5) is 0 Å². The van der Waals surface area contributed by atoms with E-state index in [1.54, 1.807) is 0 Å². The Morgan fingerprint density at radius 3 is 2.77 bits per heavy atom. The minimum absolute atomic E-state index is 0.0610. The summed E-state index contributed by atoms with van der Waals surface area (Å²) in [4.78, 5) is 18.7. The topological polar surface area (TPSA) is 123 Å². The summed E-state index contributed by atoms with van der Waals surface area (Å²) in [5.74, 6) is 0.204. The molecule has 0 radical (unpaired) electrons. The maximum Gasteiger partial charge on any atom is 0.240 e. The molecule has 2 rings (SSSR count). The lowest BCUT2D eigenvalue weighted by Gasteiger charge is -2.28. The molecule has 1 aromatic rings. The maximum absolute atomic E-state index is 12.7. The van der Waals surface area contributed by atoms with Gasteiger partial charge in [0.25, 0.3) is 0 Å². The molecular formula is C19H32N6O. The van der Waals surface area contributed by atoms with Crippen molar-refractivity contribution in [1.82, 2.24) is 10.2 Å². The number of hydrogen-bond acceptors (Lipinski definition) is 4. The van der Waals surface area contributed by atoms with Gasteiger partial charge >= 0.3 is 0 Å². The van der Waals surface area contributed by atoms with Gasteiger partial charge in [-0.1, -0.05) is 30.3 Å². The fourth-order valence-corrected chi connectivity index (χ4v) is 3.35. The third kappa shape index (κ3) is 6.65. The SMILES string of the molecule is NC(N)=NCCCCNC[C@@H]1CCCN1C(=O)[C@H](N)Cc1ccccc1. The molecule has 0 bridgehead atoms. The number of benzene rings is 1. The van der Waals surface area contributed by atoms with Crippen molar-refractivity contribution in [3.8, 4) is 0 Å². The average molecular weight is 361 g/mol. The van der Waals surface area contributed by atoms with Gasteiger partial charge in [0.15, 0.2) is 5.96 Å². The molecule has 1 amide bonds. The minimum Gasteiger partial charge on any atom is -0.370 e. The number of unbranched alkanes of at least 4 members (excludes halogenated alkanes) is 1. The second-order valence-electron chi connectivity index (χ2n) is 6.84. The van der Waals surface area contributed by atoms with Gasteiger partial charge in [-0.05, 0) is 44.2 Å². The van der Waals surface area contributed by atoms with E-state index in [0.717, 1.165) is 50.9 Å². The van der Waals surface area contributed by atoms with E-state index in [9.17, 15) is 4.79 Å². The number of guanidine groups is 1. The van der Waals surface area contributed by atoms with Crippen molar-refractivity contribution in [2.75, 3.05) is 26.2 Å². The van der Waals surface area contributed by atoms with Crippen molar-refractivity contribution in [3.63, 3.8) is 0 Å². The van der Waals surface area contributed by atoms with Gasteiger partial charge in [-0.25, -0.2) is 0 Å².